The summed E-state index contributed by atoms with van der Waals surface area (Å²) < 4.78 is 25.4. The fourth-order valence-corrected chi connectivity index (χ4v) is 3.61. The Labute approximate surface area is 189 Å². The number of thioether (sulfide) groups is 1. The molecular weight excluding hydrogens is 452 g/mol. The van der Waals surface area contributed by atoms with Crippen LogP contribution in [0, 0.1) is 5.82 Å². The predicted octanol–water partition coefficient (Wildman–Crippen LogP) is 5.41. The molecule has 0 amide bonds. The summed E-state index contributed by atoms with van der Waals surface area (Å²) in [6.45, 7) is 2.38. The topological polar surface area (TPSA) is 67.8 Å². The molecule has 0 fully saturated rings. The molecule has 30 heavy (non-hydrogen) atoms. The van der Waals surface area contributed by atoms with E-state index in [4.69, 9.17) is 32.7 Å². The minimum Gasteiger partial charge on any atom is -0.490 e. The van der Waals surface area contributed by atoms with E-state index in [1.165, 1.54) is 12.1 Å². The lowest BCUT2D eigenvalue weighted by atomic mass is 10.1. The zero-order valence-electron chi connectivity index (χ0n) is 16.7. The quantitative estimate of drug-likeness (QED) is 0.427. The summed E-state index contributed by atoms with van der Waals surface area (Å²) in [5.74, 6) is 0.140. The summed E-state index contributed by atoms with van der Waals surface area (Å²) in [4.78, 5) is 11.4. The molecule has 0 aliphatic rings. The van der Waals surface area contributed by atoms with Gasteiger partial charge in [-0.25, -0.2) is 4.39 Å². The van der Waals surface area contributed by atoms with Crippen molar-refractivity contribution >= 4 is 40.9 Å². The highest BCUT2D eigenvalue weighted by molar-refractivity contribution is 7.98. The maximum absolute atomic E-state index is 14.0. The highest BCUT2D eigenvalue weighted by Crippen LogP contribution is 2.35. The van der Waals surface area contributed by atoms with Gasteiger partial charge in [-0.2, -0.15) is 11.8 Å². The van der Waals surface area contributed by atoms with E-state index in [-0.39, 0.29) is 23.7 Å². The Bertz CT molecular complexity index is 849. The van der Waals surface area contributed by atoms with Crippen LogP contribution < -0.4 is 14.8 Å². The van der Waals surface area contributed by atoms with Gasteiger partial charge in [0.2, 0.25) is 0 Å². The molecule has 1 atom stereocenters. The fourth-order valence-electron chi connectivity index (χ4n) is 2.70. The molecule has 0 spiro atoms. The van der Waals surface area contributed by atoms with E-state index in [1.807, 2.05) is 13.2 Å². The molecule has 0 aliphatic carbocycles. The Morgan fingerprint density at radius 2 is 1.97 bits per heavy atom. The van der Waals surface area contributed by atoms with Crippen LogP contribution in [0.1, 0.15) is 24.5 Å². The standard InChI is InChI=1S/C21H24Cl2FNO4S/c1-3-28-19-9-13(11-25-18(21(26)27)7-8-30-2)16(23)10-20(19)29-12-14-15(22)5-4-6-17(14)24/h4-6,9-10,18,25H,3,7-8,11-12H2,1-2H3,(H,26,27). The van der Waals surface area contributed by atoms with Crippen molar-refractivity contribution in [1.82, 2.24) is 5.32 Å². The van der Waals surface area contributed by atoms with Crippen molar-refractivity contribution in [2.75, 3.05) is 18.6 Å². The summed E-state index contributed by atoms with van der Waals surface area (Å²) in [6.07, 6.45) is 2.42. The number of rotatable bonds is 12. The largest absolute Gasteiger partial charge is 0.490 e. The molecule has 0 bridgehead atoms. The molecule has 5 nitrogen and oxygen atoms in total. The van der Waals surface area contributed by atoms with Gasteiger partial charge in [0.25, 0.3) is 0 Å². The normalized spacial score (nSPS) is 11.9. The lowest BCUT2D eigenvalue weighted by molar-refractivity contribution is -0.139. The Morgan fingerprint density at radius 3 is 2.60 bits per heavy atom. The highest BCUT2D eigenvalue weighted by Gasteiger charge is 2.18. The smallest absolute Gasteiger partial charge is 0.320 e. The van der Waals surface area contributed by atoms with Crippen LogP contribution in [0.4, 0.5) is 4.39 Å². The van der Waals surface area contributed by atoms with Crippen LogP contribution in [-0.2, 0) is 17.9 Å². The number of carboxylic acid groups (broad SMARTS) is 1. The van der Waals surface area contributed by atoms with Crippen LogP contribution in [0.15, 0.2) is 30.3 Å². The van der Waals surface area contributed by atoms with E-state index >= 15 is 0 Å². The number of aliphatic carboxylic acids is 1. The highest BCUT2D eigenvalue weighted by atomic mass is 35.5. The van der Waals surface area contributed by atoms with Gasteiger partial charge in [-0.1, -0.05) is 29.3 Å². The van der Waals surface area contributed by atoms with Crippen molar-refractivity contribution in [2.24, 2.45) is 0 Å². The molecule has 2 aromatic carbocycles. The summed E-state index contributed by atoms with van der Waals surface area (Å²) in [5.41, 5.74) is 0.911. The number of ether oxygens (including phenoxy) is 2. The van der Waals surface area contributed by atoms with Gasteiger partial charge in [-0.15, -0.1) is 0 Å². The van der Waals surface area contributed by atoms with Crippen molar-refractivity contribution in [2.45, 2.75) is 32.5 Å². The average molecular weight is 476 g/mol. The molecule has 0 aromatic heterocycles. The minimum absolute atomic E-state index is 0.0880. The van der Waals surface area contributed by atoms with Crippen LogP contribution in [0.2, 0.25) is 10.0 Å². The van der Waals surface area contributed by atoms with E-state index < -0.39 is 17.8 Å². The Hall–Kier alpha value is -1.67. The summed E-state index contributed by atoms with van der Waals surface area (Å²) in [7, 11) is 0. The van der Waals surface area contributed by atoms with Crippen LogP contribution in [0.5, 0.6) is 11.5 Å². The van der Waals surface area contributed by atoms with E-state index in [2.05, 4.69) is 5.32 Å². The molecule has 1 unspecified atom stereocenters. The maximum atomic E-state index is 14.0. The van der Waals surface area contributed by atoms with Gasteiger partial charge >= 0.3 is 5.97 Å². The fraction of sp³-hybridized carbons (Fsp3) is 0.381. The Kier molecular flexibility index (Phi) is 10.0. The molecule has 2 rings (SSSR count). The third-order valence-electron chi connectivity index (χ3n) is 4.29. The minimum atomic E-state index is -0.910. The molecule has 0 heterocycles. The van der Waals surface area contributed by atoms with Crippen molar-refractivity contribution in [3.8, 4) is 11.5 Å². The lowest BCUT2D eigenvalue weighted by Gasteiger charge is -2.18. The Morgan fingerprint density at radius 1 is 1.23 bits per heavy atom. The second-order valence-corrected chi connectivity index (χ2v) is 8.17. The van der Waals surface area contributed by atoms with Gasteiger partial charge in [0.05, 0.1) is 11.6 Å². The predicted molar refractivity (Wildman–Crippen MR) is 120 cm³/mol. The Balaban J connectivity index is 2.17. The van der Waals surface area contributed by atoms with Crippen LogP contribution in [-0.4, -0.2) is 35.7 Å². The number of hydrogen-bond acceptors (Lipinski definition) is 5. The second kappa shape index (κ2) is 12.2. The van der Waals surface area contributed by atoms with Gasteiger partial charge in [-0.3, -0.25) is 4.79 Å². The van der Waals surface area contributed by atoms with E-state index in [1.54, 1.807) is 30.0 Å². The zero-order chi connectivity index (χ0) is 22.1. The molecule has 2 aromatic rings. The molecule has 2 N–H and O–H groups in total. The summed E-state index contributed by atoms with van der Waals surface area (Å²) in [6, 6.07) is 7.02. The molecule has 0 aliphatic heterocycles. The van der Waals surface area contributed by atoms with Crippen LogP contribution >= 0.6 is 35.0 Å². The number of halogens is 3. The maximum Gasteiger partial charge on any atom is 0.320 e. The molecule has 0 radical (unpaired) electrons. The number of nitrogens with one attached hydrogen (secondary N) is 1. The number of hydrogen-bond donors (Lipinski definition) is 2. The third-order valence-corrected chi connectivity index (χ3v) is 5.64. The first-order chi connectivity index (χ1) is 14.4. The lowest BCUT2D eigenvalue weighted by Crippen LogP contribution is -2.36. The first-order valence-corrected chi connectivity index (χ1v) is 11.5. The van der Waals surface area contributed by atoms with E-state index in [9.17, 15) is 14.3 Å². The summed E-state index contributed by atoms with van der Waals surface area (Å²) in [5, 5.41) is 13.0. The average Bonchev–Trinajstić information content (AvgIpc) is 2.70. The number of carboxylic acids is 1. The molecule has 164 valence electrons. The van der Waals surface area contributed by atoms with Gasteiger partial charge in [0.15, 0.2) is 11.5 Å². The third kappa shape index (κ3) is 6.94. The molecule has 0 saturated carbocycles. The second-order valence-electron chi connectivity index (χ2n) is 6.37. The van der Waals surface area contributed by atoms with Crippen LogP contribution in [0.3, 0.4) is 0 Å². The van der Waals surface area contributed by atoms with E-state index in [0.717, 1.165) is 5.75 Å². The SMILES string of the molecule is CCOc1cc(CNC(CCSC)C(=O)O)c(Cl)cc1OCc1c(F)cccc1Cl. The first kappa shape index (κ1) is 24.6. The molecule has 9 heteroatoms. The van der Waals surface area contributed by atoms with E-state index in [0.29, 0.717) is 35.1 Å². The van der Waals surface area contributed by atoms with Crippen molar-refractivity contribution in [3.63, 3.8) is 0 Å². The van der Waals surface area contributed by atoms with Gasteiger partial charge < -0.3 is 19.9 Å². The van der Waals surface area contributed by atoms with Gasteiger partial charge in [-0.05, 0) is 49.1 Å². The number of benzene rings is 2. The van der Waals surface area contributed by atoms with Crippen molar-refractivity contribution in [3.05, 3.63) is 57.3 Å². The van der Waals surface area contributed by atoms with Crippen LogP contribution in [0.25, 0.3) is 0 Å². The molecular formula is C21H24Cl2FNO4S. The molecule has 0 saturated heterocycles. The van der Waals surface area contributed by atoms with Gasteiger partial charge in [0.1, 0.15) is 18.5 Å². The first-order valence-electron chi connectivity index (χ1n) is 9.33. The van der Waals surface area contributed by atoms with Gasteiger partial charge in [0, 0.05) is 23.2 Å². The van der Waals surface area contributed by atoms with Crippen molar-refractivity contribution in [1.29, 1.82) is 0 Å². The summed E-state index contributed by atoms with van der Waals surface area (Å²) >= 11 is 14.0. The zero-order valence-corrected chi connectivity index (χ0v) is 19.0. The van der Waals surface area contributed by atoms with Crippen molar-refractivity contribution < 1.29 is 23.8 Å². The number of carbonyl (C=O) groups is 1. The monoisotopic (exact) mass is 475 g/mol.